The second kappa shape index (κ2) is 10.4. The predicted molar refractivity (Wildman–Crippen MR) is 86.5 cm³/mol. The Morgan fingerprint density at radius 3 is 2.57 bits per heavy atom. The number of ether oxygens (including phenoxy) is 2. The first-order valence-corrected chi connectivity index (χ1v) is 7.67. The normalized spacial score (nSPS) is 13.7. The molecule has 0 spiro atoms. The van der Waals surface area contributed by atoms with Crippen LogP contribution in [-0.4, -0.2) is 24.9 Å². The Balaban J connectivity index is 2.05. The van der Waals surface area contributed by atoms with E-state index in [4.69, 9.17) is 9.47 Å². The Labute approximate surface area is 128 Å². The lowest BCUT2D eigenvalue weighted by Crippen LogP contribution is -2.10. The van der Waals surface area contributed by atoms with Crippen LogP contribution in [0.15, 0.2) is 36.9 Å². The van der Waals surface area contributed by atoms with Crippen molar-refractivity contribution in [1.82, 2.24) is 0 Å². The van der Waals surface area contributed by atoms with E-state index in [0.717, 1.165) is 43.6 Å². The van der Waals surface area contributed by atoms with Crippen molar-refractivity contribution in [3.8, 4) is 5.75 Å². The number of benzene rings is 1. The summed E-state index contributed by atoms with van der Waals surface area (Å²) in [5, 5.41) is 9.83. The molecule has 0 radical (unpaired) electrons. The van der Waals surface area contributed by atoms with Crippen molar-refractivity contribution in [3.05, 3.63) is 42.5 Å². The zero-order chi connectivity index (χ0) is 15.5. The van der Waals surface area contributed by atoms with Gasteiger partial charge in [-0.3, -0.25) is 0 Å². The molecule has 0 saturated heterocycles. The molecule has 0 bridgehead atoms. The summed E-state index contributed by atoms with van der Waals surface area (Å²) < 4.78 is 10.8. The summed E-state index contributed by atoms with van der Waals surface area (Å²) in [6, 6.07) is 7.91. The van der Waals surface area contributed by atoms with E-state index < -0.39 is 0 Å². The first kappa shape index (κ1) is 17.7. The smallest absolute Gasteiger partial charge is 0.118 e. The molecular weight excluding hydrogens is 264 g/mol. The molecule has 1 aromatic carbocycles. The highest BCUT2D eigenvalue weighted by Gasteiger charge is 2.07. The highest BCUT2D eigenvalue weighted by Crippen LogP contribution is 2.13. The molecule has 0 aliphatic rings. The zero-order valence-corrected chi connectivity index (χ0v) is 13.3. The summed E-state index contributed by atoms with van der Waals surface area (Å²) >= 11 is 0. The van der Waals surface area contributed by atoms with Gasteiger partial charge in [-0.15, -0.1) is 6.58 Å². The standard InChI is InChI=1S/C18H28O3/c1-4-15(2)13-17(19)7-5-6-12-21-14-16-8-10-18(20-3)11-9-16/h4,8-11,15,17,19H,1,5-7,12-14H2,2-3H3/t15-,17-/m1/s1. The van der Waals surface area contributed by atoms with Gasteiger partial charge in [0.05, 0.1) is 19.8 Å². The number of hydrogen-bond acceptors (Lipinski definition) is 3. The third kappa shape index (κ3) is 7.88. The fourth-order valence-corrected chi connectivity index (χ4v) is 2.14. The van der Waals surface area contributed by atoms with Gasteiger partial charge in [-0.1, -0.05) is 25.1 Å². The monoisotopic (exact) mass is 292 g/mol. The number of allylic oxidation sites excluding steroid dienone is 1. The van der Waals surface area contributed by atoms with Gasteiger partial charge in [0.2, 0.25) is 0 Å². The van der Waals surface area contributed by atoms with Crippen LogP contribution >= 0.6 is 0 Å². The van der Waals surface area contributed by atoms with E-state index in [9.17, 15) is 5.11 Å². The third-order valence-corrected chi connectivity index (χ3v) is 3.55. The first-order chi connectivity index (χ1) is 10.2. The van der Waals surface area contributed by atoms with E-state index >= 15 is 0 Å². The van der Waals surface area contributed by atoms with Gasteiger partial charge in [-0.2, -0.15) is 0 Å². The van der Waals surface area contributed by atoms with Crippen LogP contribution in [-0.2, 0) is 11.3 Å². The van der Waals surface area contributed by atoms with Crippen LogP contribution in [0, 0.1) is 5.92 Å². The van der Waals surface area contributed by atoms with Crippen LogP contribution < -0.4 is 4.74 Å². The van der Waals surface area contributed by atoms with Crippen molar-refractivity contribution in [2.24, 2.45) is 5.92 Å². The summed E-state index contributed by atoms with van der Waals surface area (Å²) in [5.41, 5.74) is 1.15. The van der Waals surface area contributed by atoms with E-state index in [0.29, 0.717) is 12.5 Å². The van der Waals surface area contributed by atoms with Crippen molar-refractivity contribution in [1.29, 1.82) is 0 Å². The summed E-state index contributed by atoms with van der Waals surface area (Å²) in [6.45, 7) is 7.17. The van der Waals surface area contributed by atoms with Crippen LogP contribution in [0.25, 0.3) is 0 Å². The number of unbranched alkanes of at least 4 members (excludes halogenated alkanes) is 1. The summed E-state index contributed by atoms with van der Waals surface area (Å²) in [7, 11) is 1.66. The van der Waals surface area contributed by atoms with Crippen molar-refractivity contribution in [2.45, 2.75) is 45.3 Å². The van der Waals surface area contributed by atoms with Gasteiger partial charge in [0.1, 0.15) is 5.75 Å². The Hall–Kier alpha value is -1.32. The third-order valence-electron chi connectivity index (χ3n) is 3.55. The van der Waals surface area contributed by atoms with Crippen LogP contribution in [0.4, 0.5) is 0 Å². The molecule has 2 atom stereocenters. The molecule has 1 N–H and O–H groups in total. The van der Waals surface area contributed by atoms with Gasteiger partial charge < -0.3 is 14.6 Å². The molecule has 0 unspecified atom stereocenters. The van der Waals surface area contributed by atoms with Gasteiger partial charge >= 0.3 is 0 Å². The maximum atomic E-state index is 9.83. The summed E-state index contributed by atoms with van der Waals surface area (Å²) in [5.74, 6) is 1.24. The molecule has 21 heavy (non-hydrogen) atoms. The van der Waals surface area contributed by atoms with E-state index in [1.165, 1.54) is 0 Å². The van der Waals surface area contributed by atoms with Gasteiger partial charge in [-0.25, -0.2) is 0 Å². The van der Waals surface area contributed by atoms with Crippen LogP contribution in [0.3, 0.4) is 0 Å². The predicted octanol–water partition coefficient (Wildman–Crippen LogP) is 3.96. The lowest BCUT2D eigenvalue weighted by atomic mass is 10.0. The maximum Gasteiger partial charge on any atom is 0.118 e. The molecule has 0 heterocycles. The Morgan fingerprint density at radius 1 is 1.24 bits per heavy atom. The zero-order valence-electron chi connectivity index (χ0n) is 13.3. The molecule has 0 amide bonds. The lowest BCUT2D eigenvalue weighted by molar-refractivity contribution is 0.106. The lowest BCUT2D eigenvalue weighted by Gasteiger charge is -2.13. The van der Waals surface area contributed by atoms with Crippen molar-refractivity contribution in [2.75, 3.05) is 13.7 Å². The minimum Gasteiger partial charge on any atom is -0.497 e. The van der Waals surface area contributed by atoms with Gasteiger partial charge in [0, 0.05) is 6.61 Å². The van der Waals surface area contributed by atoms with Crippen LogP contribution in [0.5, 0.6) is 5.75 Å². The number of aliphatic hydroxyl groups excluding tert-OH is 1. The van der Waals surface area contributed by atoms with E-state index in [-0.39, 0.29) is 6.10 Å². The fourth-order valence-electron chi connectivity index (χ4n) is 2.14. The number of rotatable bonds is 11. The topological polar surface area (TPSA) is 38.7 Å². The van der Waals surface area contributed by atoms with Gasteiger partial charge in [-0.05, 0) is 49.3 Å². The molecule has 0 fully saturated rings. The van der Waals surface area contributed by atoms with Crippen molar-refractivity contribution < 1.29 is 14.6 Å². The summed E-state index contributed by atoms with van der Waals surface area (Å²) in [4.78, 5) is 0. The van der Waals surface area contributed by atoms with E-state index in [2.05, 4.69) is 13.5 Å². The first-order valence-electron chi connectivity index (χ1n) is 7.67. The van der Waals surface area contributed by atoms with Gasteiger partial charge in [0.25, 0.3) is 0 Å². The molecule has 0 aliphatic heterocycles. The molecule has 0 aromatic heterocycles. The largest absolute Gasteiger partial charge is 0.497 e. The van der Waals surface area contributed by atoms with E-state index in [1.807, 2.05) is 30.3 Å². The Morgan fingerprint density at radius 2 is 1.95 bits per heavy atom. The van der Waals surface area contributed by atoms with Crippen LogP contribution in [0.1, 0.15) is 38.2 Å². The average molecular weight is 292 g/mol. The van der Waals surface area contributed by atoms with Crippen molar-refractivity contribution in [3.63, 3.8) is 0 Å². The quantitative estimate of drug-likeness (QED) is 0.496. The van der Waals surface area contributed by atoms with Gasteiger partial charge in [0.15, 0.2) is 0 Å². The Kier molecular flexibility index (Phi) is 8.79. The number of methoxy groups -OCH3 is 1. The molecule has 3 heteroatoms. The SMILES string of the molecule is C=C[C@@H](C)C[C@H](O)CCCCOCc1ccc(OC)cc1. The van der Waals surface area contributed by atoms with Crippen molar-refractivity contribution >= 4 is 0 Å². The fraction of sp³-hybridized carbons (Fsp3) is 0.556. The Bertz CT molecular complexity index is 386. The summed E-state index contributed by atoms with van der Waals surface area (Å²) in [6.07, 6.45) is 5.28. The highest BCUT2D eigenvalue weighted by molar-refractivity contribution is 5.26. The van der Waals surface area contributed by atoms with E-state index in [1.54, 1.807) is 7.11 Å². The van der Waals surface area contributed by atoms with Crippen LogP contribution in [0.2, 0.25) is 0 Å². The molecule has 0 saturated carbocycles. The molecular formula is C18H28O3. The molecule has 3 nitrogen and oxygen atoms in total. The second-order valence-corrected chi connectivity index (χ2v) is 5.50. The molecule has 1 rings (SSSR count). The maximum absolute atomic E-state index is 9.83. The minimum atomic E-state index is -0.223. The second-order valence-electron chi connectivity index (χ2n) is 5.50. The highest BCUT2D eigenvalue weighted by atomic mass is 16.5. The average Bonchev–Trinajstić information content (AvgIpc) is 2.51. The molecule has 1 aromatic rings. The minimum absolute atomic E-state index is 0.223. The number of hydrogen-bond donors (Lipinski definition) is 1. The number of aliphatic hydroxyl groups is 1. The molecule has 0 aliphatic carbocycles. The molecule has 118 valence electrons.